The second kappa shape index (κ2) is 8.28. The van der Waals surface area contributed by atoms with Gasteiger partial charge in [-0.25, -0.2) is 0 Å². The number of ether oxygens (including phenoxy) is 2. The Morgan fingerprint density at radius 3 is 2.55 bits per heavy atom. The Balaban J connectivity index is 1.67. The summed E-state index contributed by atoms with van der Waals surface area (Å²) in [7, 11) is 0. The summed E-state index contributed by atoms with van der Waals surface area (Å²) in [5, 5.41) is 0. The highest BCUT2D eigenvalue weighted by Crippen LogP contribution is 2.29. The quantitative estimate of drug-likeness (QED) is 0.776. The fourth-order valence-electron chi connectivity index (χ4n) is 2.94. The van der Waals surface area contributed by atoms with Crippen LogP contribution in [0, 0.1) is 5.92 Å². The zero-order valence-electron chi connectivity index (χ0n) is 12.5. The molecule has 3 heteroatoms. The first kappa shape index (κ1) is 15.3. The third-order valence-electron chi connectivity index (χ3n) is 4.21. The van der Waals surface area contributed by atoms with Crippen LogP contribution in [-0.2, 0) is 11.3 Å². The van der Waals surface area contributed by atoms with Crippen LogP contribution in [-0.4, -0.2) is 19.3 Å². The van der Waals surface area contributed by atoms with Crippen molar-refractivity contribution in [3.63, 3.8) is 0 Å². The summed E-state index contributed by atoms with van der Waals surface area (Å²) < 4.78 is 11.7. The highest BCUT2D eigenvalue weighted by molar-refractivity contribution is 5.26. The third kappa shape index (κ3) is 4.50. The molecule has 1 fully saturated rings. The smallest absolute Gasteiger partial charge is 0.119 e. The standard InChI is InChI=1S/C17H27NO2/c1-2-15-5-3-4-6-17(15)20-12-11-19-16-9-7-14(13-18)8-10-16/h7-10,15,17H,2-6,11-13,18H2,1H3. The molecule has 0 amide bonds. The van der Waals surface area contributed by atoms with E-state index >= 15 is 0 Å². The van der Waals surface area contributed by atoms with E-state index in [1.165, 1.54) is 32.1 Å². The molecule has 1 aliphatic rings. The van der Waals surface area contributed by atoms with Crippen molar-refractivity contribution in [1.29, 1.82) is 0 Å². The topological polar surface area (TPSA) is 44.5 Å². The van der Waals surface area contributed by atoms with Gasteiger partial charge in [-0.15, -0.1) is 0 Å². The molecule has 20 heavy (non-hydrogen) atoms. The van der Waals surface area contributed by atoms with Crippen molar-refractivity contribution in [2.45, 2.75) is 51.7 Å². The van der Waals surface area contributed by atoms with E-state index in [1.807, 2.05) is 24.3 Å². The highest BCUT2D eigenvalue weighted by Gasteiger charge is 2.23. The predicted molar refractivity (Wildman–Crippen MR) is 81.8 cm³/mol. The number of benzene rings is 1. The number of hydrogen-bond acceptors (Lipinski definition) is 3. The molecule has 0 radical (unpaired) electrons. The molecule has 1 saturated carbocycles. The van der Waals surface area contributed by atoms with Crippen molar-refractivity contribution < 1.29 is 9.47 Å². The van der Waals surface area contributed by atoms with E-state index in [2.05, 4.69) is 6.92 Å². The lowest BCUT2D eigenvalue weighted by atomic mass is 9.85. The first-order valence-electron chi connectivity index (χ1n) is 7.87. The van der Waals surface area contributed by atoms with Crippen LogP contribution in [0.25, 0.3) is 0 Å². The maximum atomic E-state index is 6.01. The zero-order chi connectivity index (χ0) is 14.2. The van der Waals surface area contributed by atoms with Gasteiger partial charge in [0, 0.05) is 6.54 Å². The van der Waals surface area contributed by atoms with Gasteiger partial charge in [-0.1, -0.05) is 38.3 Å². The Bertz CT molecular complexity index is 377. The van der Waals surface area contributed by atoms with Crippen LogP contribution in [0.4, 0.5) is 0 Å². The van der Waals surface area contributed by atoms with E-state index < -0.39 is 0 Å². The van der Waals surface area contributed by atoms with Gasteiger partial charge in [0.05, 0.1) is 12.7 Å². The molecule has 0 bridgehead atoms. The van der Waals surface area contributed by atoms with E-state index in [1.54, 1.807) is 0 Å². The van der Waals surface area contributed by atoms with E-state index in [4.69, 9.17) is 15.2 Å². The van der Waals surface area contributed by atoms with E-state index in [0.717, 1.165) is 17.2 Å². The molecule has 1 aromatic rings. The van der Waals surface area contributed by atoms with Crippen LogP contribution in [0.1, 0.15) is 44.6 Å². The van der Waals surface area contributed by atoms with Gasteiger partial charge in [0.15, 0.2) is 0 Å². The number of rotatable bonds is 7. The van der Waals surface area contributed by atoms with Crippen molar-refractivity contribution >= 4 is 0 Å². The first-order chi connectivity index (χ1) is 9.83. The molecule has 1 aliphatic carbocycles. The monoisotopic (exact) mass is 277 g/mol. The van der Waals surface area contributed by atoms with Crippen molar-refractivity contribution in [1.82, 2.24) is 0 Å². The van der Waals surface area contributed by atoms with E-state index in [9.17, 15) is 0 Å². The fraction of sp³-hybridized carbons (Fsp3) is 0.647. The number of hydrogen-bond donors (Lipinski definition) is 1. The molecule has 2 rings (SSSR count). The van der Waals surface area contributed by atoms with Crippen molar-refractivity contribution in [2.24, 2.45) is 11.7 Å². The summed E-state index contributed by atoms with van der Waals surface area (Å²) in [4.78, 5) is 0. The maximum Gasteiger partial charge on any atom is 0.119 e. The Morgan fingerprint density at radius 1 is 1.10 bits per heavy atom. The molecular weight excluding hydrogens is 250 g/mol. The van der Waals surface area contributed by atoms with Gasteiger partial charge in [-0.2, -0.15) is 0 Å². The molecule has 0 aromatic heterocycles. The molecule has 0 spiro atoms. The van der Waals surface area contributed by atoms with Crippen LogP contribution >= 0.6 is 0 Å². The van der Waals surface area contributed by atoms with Crippen LogP contribution < -0.4 is 10.5 Å². The lowest BCUT2D eigenvalue weighted by molar-refractivity contribution is -0.0228. The normalized spacial score (nSPS) is 22.7. The average molecular weight is 277 g/mol. The Kier molecular flexibility index (Phi) is 6.34. The molecule has 0 aliphatic heterocycles. The summed E-state index contributed by atoms with van der Waals surface area (Å²) in [5.74, 6) is 1.63. The second-order valence-electron chi connectivity index (χ2n) is 5.56. The molecule has 2 unspecified atom stereocenters. The molecule has 3 nitrogen and oxygen atoms in total. The summed E-state index contributed by atoms with van der Waals surface area (Å²) in [6, 6.07) is 7.95. The van der Waals surface area contributed by atoms with Crippen molar-refractivity contribution in [3.8, 4) is 5.75 Å². The van der Waals surface area contributed by atoms with E-state index in [0.29, 0.717) is 25.9 Å². The molecule has 112 valence electrons. The van der Waals surface area contributed by atoms with Gasteiger partial charge in [-0.05, 0) is 36.5 Å². The largest absolute Gasteiger partial charge is 0.491 e. The first-order valence-corrected chi connectivity index (χ1v) is 7.87. The van der Waals surface area contributed by atoms with Gasteiger partial charge in [0.1, 0.15) is 12.4 Å². The second-order valence-corrected chi connectivity index (χ2v) is 5.56. The highest BCUT2D eigenvalue weighted by atomic mass is 16.5. The van der Waals surface area contributed by atoms with Crippen LogP contribution in [0.15, 0.2) is 24.3 Å². The van der Waals surface area contributed by atoms with Crippen molar-refractivity contribution in [3.05, 3.63) is 29.8 Å². The maximum absolute atomic E-state index is 6.01. The zero-order valence-corrected chi connectivity index (χ0v) is 12.5. The molecule has 2 atom stereocenters. The fourth-order valence-corrected chi connectivity index (χ4v) is 2.94. The molecule has 2 N–H and O–H groups in total. The Morgan fingerprint density at radius 2 is 1.85 bits per heavy atom. The summed E-state index contributed by atoms with van der Waals surface area (Å²) in [5.41, 5.74) is 6.70. The van der Waals surface area contributed by atoms with Crippen LogP contribution in [0.3, 0.4) is 0 Å². The van der Waals surface area contributed by atoms with Gasteiger partial charge in [0.25, 0.3) is 0 Å². The minimum Gasteiger partial charge on any atom is -0.491 e. The van der Waals surface area contributed by atoms with Gasteiger partial charge < -0.3 is 15.2 Å². The lowest BCUT2D eigenvalue weighted by Gasteiger charge is -2.30. The molecule has 1 aromatic carbocycles. The SMILES string of the molecule is CCC1CCCCC1OCCOc1ccc(CN)cc1. The minimum atomic E-state index is 0.442. The molecular formula is C17H27NO2. The number of nitrogens with two attached hydrogens (primary N) is 1. The average Bonchev–Trinajstić information content (AvgIpc) is 2.52. The van der Waals surface area contributed by atoms with Gasteiger partial charge in [-0.3, -0.25) is 0 Å². The molecule has 0 saturated heterocycles. The molecule has 0 heterocycles. The Labute approximate surface area is 122 Å². The third-order valence-corrected chi connectivity index (χ3v) is 4.21. The summed E-state index contributed by atoms with van der Waals surface area (Å²) in [6.07, 6.45) is 6.88. The van der Waals surface area contributed by atoms with E-state index in [-0.39, 0.29) is 0 Å². The lowest BCUT2D eigenvalue weighted by Crippen LogP contribution is -2.28. The van der Waals surface area contributed by atoms with Crippen LogP contribution in [0.2, 0.25) is 0 Å². The van der Waals surface area contributed by atoms with Crippen LogP contribution in [0.5, 0.6) is 5.75 Å². The van der Waals surface area contributed by atoms with Crippen molar-refractivity contribution in [2.75, 3.05) is 13.2 Å². The Hall–Kier alpha value is -1.06. The van der Waals surface area contributed by atoms with Gasteiger partial charge in [0.2, 0.25) is 0 Å². The summed E-state index contributed by atoms with van der Waals surface area (Å²) in [6.45, 7) is 4.14. The van der Waals surface area contributed by atoms with Gasteiger partial charge >= 0.3 is 0 Å². The summed E-state index contributed by atoms with van der Waals surface area (Å²) >= 11 is 0. The predicted octanol–water partition coefficient (Wildman–Crippen LogP) is 3.51. The minimum absolute atomic E-state index is 0.442.